The smallest absolute Gasteiger partial charge is 0.367 e. The molecule has 0 bridgehead atoms. The third-order valence-electron chi connectivity index (χ3n) is 3.74. The van der Waals surface area contributed by atoms with E-state index in [1.54, 1.807) is 6.20 Å². The highest BCUT2D eigenvalue weighted by molar-refractivity contribution is 5.73. The van der Waals surface area contributed by atoms with Crippen molar-refractivity contribution in [2.45, 2.75) is 25.6 Å². The molecule has 4 nitrogen and oxygen atoms in total. The summed E-state index contributed by atoms with van der Waals surface area (Å²) in [5.41, 5.74) is 0.487. The van der Waals surface area contributed by atoms with Crippen LogP contribution in [-0.2, 0) is 6.18 Å². The van der Waals surface area contributed by atoms with Gasteiger partial charge in [0.15, 0.2) is 0 Å². The van der Waals surface area contributed by atoms with Crippen LogP contribution in [-0.4, -0.2) is 34.6 Å². The summed E-state index contributed by atoms with van der Waals surface area (Å²) in [6, 6.07) is 1.22. The molecule has 0 unspecified atom stereocenters. The second kappa shape index (κ2) is 4.62. The van der Waals surface area contributed by atoms with Crippen LogP contribution >= 0.6 is 0 Å². The molecule has 0 saturated carbocycles. The van der Waals surface area contributed by atoms with Crippen molar-refractivity contribution in [3.63, 3.8) is 0 Å². The zero-order valence-corrected chi connectivity index (χ0v) is 11.9. The summed E-state index contributed by atoms with van der Waals surface area (Å²) >= 11 is 0. The van der Waals surface area contributed by atoms with E-state index in [0.717, 1.165) is 12.7 Å². The lowest BCUT2D eigenvalue weighted by atomic mass is 10.0. The summed E-state index contributed by atoms with van der Waals surface area (Å²) in [4.78, 5) is 5.96. The molecule has 1 saturated heterocycles. The Bertz CT molecular complexity index is 660. The fourth-order valence-electron chi connectivity index (χ4n) is 2.77. The van der Waals surface area contributed by atoms with E-state index < -0.39 is 11.7 Å². The van der Waals surface area contributed by atoms with E-state index in [-0.39, 0.29) is 5.54 Å². The lowest BCUT2D eigenvalue weighted by molar-refractivity contribution is -0.137. The van der Waals surface area contributed by atoms with Crippen molar-refractivity contribution in [1.82, 2.24) is 14.7 Å². The lowest BCUT2D eigenvalue weighted by Gasteiger charge is -2.40. The Balaban J connectivity index is 2.10. The molecule has 21 heavy (non-hydrogen) atoms. The van der Waals surface area contributed by atoms with Crippen molar-refractivity contribution >= 4 is 11.2 Å². The number of hydrogen-bond acceptors (Lipinski definition) is 3. The highest BCUT2D eigenvalue weighted by atomic mass is 19.4. The van der Waals surface area contributed by atoms with Crippen LogP contribution < -0.4 is 10.2 Å². The fraction of sp³-hybridized carbons (Fsp3) is 0.500. The summed E-state index contributed by atoms with van der Waals surface area (Å²) in [5, 5.41) is 3.36. The van der Waals surface area contributed by atoms with Gasteiger partial charge in [-0.2, -0.15) is 13.2 Å². The zero-order chi connectivity index (χ0) is 15.3. The molecule has 7 heteroatoms. The number of piperazine rings is 1. The van der Waals surface area contributed by atoms with Crippen molar-refractivity contribution in [2.75, 3.05) is 24.5 Å². The first-order valence-corrected chi connectivity index (χ1v) is 6.79. The Hall–Kier alpha value is -1.76. The molecule has 3 rings (SSSR count). The molecule has 0 spiro atoms. The summed E-state index contributed by atoms with van der Waals surface area (Å²) < 4.78 is 40.6. The van der Waals surface area contributed by atoms with E-state index in [9.17, 15) is 13.2 Å². The summed E-state index contributed by atoms with van der Waals surface area (Å²) in [5.74, 6) is 0. The van der Waals surface area contributed by atoms with E-state index in [2.05, 4.69) is 10.3 Å². The van der Waals surface area contributed by atoms with Crippen LogP contribution in [0, 0.1) is 0 Å². The first-order valence-electron chi connectivity index (χ1n) is 6.79. The number of alkyl halides is 3. The van der Waals surface area contributed by atoms with Gasteiger partial charge < -0.3 is 14.6 Å². The molecule has 2 aromatic heterocycles. The van der Waals surface area contributed by atoms with Gasteiger partial charge in [-0.15, -0.1) is 0 Å². The Morgan fingerprint density at radius 2 is 2.10 bits per heavy atom. The van der Waals surface area contributed by atoms with Gasteiger partial charge in [0.1, 0.15) is 0 Å². The molecular weight excluding hydrogens is 281 g/mol. The normalized spacial score (nSPS) is 19.2. The van der Waals surface area contributed by atoms with Crippen LogP contribution in [0.25, 0.3) is 5.52 Å². The molecule has 114 valence electrons. The fourth-order valence-corrected chi connectivity index (χ4v) is 2.77. The maximum atomic E-state index is 13.1. The number of imidazole rings is 1. The van der Waals surface area contributed by atoms with Crippen molar-refractivity contribution in [3.05, 3.63) is 30.4 Å². The first kappa shape index (κ1) is 14.2. The number of aromatic nitrogens is 2. The number of rotatable bonds is 1. The van der Waals surface area contributed by atoms with Crippen molar-refractivity contribution < 1.29 is 13.2 Å². The summed E-state index contributed by atoms with van der Waals surface area (Å²) in [6.07, 6.45) is -0.276. The van der Waals surface area contributed by atoms with E-state index in [4.69, 9.17) is 0 Å². The van der Waals surface area contributed by atoms with Crippen molar-refractivity contribution in [1.29, 1.82) is 0 Å². The minimum Gasteiger partial charge on any atom is -0.367 e. The highest BCUT2D eigenvalue weighted by Gasteiger charge is 2.33. The zero-order valence-electron chi connectivity index (χ0n) is 11.9. The van der Waals surface area contributed by atoms with Gasteiger partial charge >= 0.3 is 6.18 Å². The number of pyridine rings is 1. The number of nitrogens with one attached hydrogen (secondary N) is 1. The molecule has 1 N–H and O–H groups in total. The molecule has 1 aliphatic rings. The summed E-state index contributed by atoms with van der Waals surface area (Å²) in [7, 11) is 0. The van der Waals surface area contributed by atoms with Crippen LogP contribution in [0.1, 0.15) is 19.4 Å². The molecule has 2 aromatic rings. The second-order valence-corrected chi connectivity index (χ2v) is 6.03. The molecule has 1 aliphatic heterocycles. The van der Waals surface area contributed by atoms with Crippen LogP contribution in [0.15, 0.2) is 24.8 Å². The van der Waals surface area contributed by atoms with Crippen molar-refractivity contribution in [3.8, 4) is 0 Å². The van der Waals surface area contributed by atoms with E-state index in [0.29, 0.717) is 24.3 Å². The third kappa shape index (κ3) is 2.70. The predicted octanol–water partition coefficient (Wildman–Crippen LogP) is 2.54. The predicted molar refractivity (Wildman–Crippen MR) is 74.5 cm³/mol. The minimum absolute atomic E-state index is 0.135. The number of halogens is 3. The van der Waals surface area contributed by atoms with Crippen LogP contribution in [0.3, 0.4) is 0 Å². The average molecular weight is 298 g/mol. The van der Waals surface area contributed by atoms with Gasteiger partial charge in [-0.1, -0.05) is 0 Å². The quantitative estimate of drug-likeness (QED) is 0.878. The standard InChI is InChI=1S/C14H17F3N4/c1-13(2)8-20(4-3-19-13)11-5-10(14(15,16)17)7-21-9-18-6-12(11)21/h5-7,9,19H,3-4,8H2,1-2H3. The van der Waals surface area contributed by atoms with Crippen LogP contribution in [0.4, 0.5) is 18.9 Å². The molecule has 0 amide bonds. The van der Waals surface area contributed by atoms with Gasteiger partial charge in [-0.25, -0.2) is 4.98 Å². The van der Waals surface area contributed by atoms with Crippen LogP contribution in [0.2, 0.25) is 0 Å². The lowest BCUT2D eigenvalue weighted by Crippen LogP contribution is -2.57. The molecule has 0 aromatic carbocycles. The molecule has 3 heterocycles. The van der Waals surface area contributed by atoms with E-state index in [1.165, 1.54) is 16.8 Å². The van der Waals surface area contributed by atoms with Gasteiger partial charge in [-0.05, 0) is 19.9 Å². The first-order chi connectivity index (χ1) is 9.76. The highest BCUT2D eigenvalue weighted by Crippen LogP contribution is 2.34. The molecule has 0 radical (unpaired) electrons. The minimum atomic E-state index is -4.36. The Labute approximate surface area is 120 Å². The molecule has 0 atom stereocenters. The Morgan fingerprint density at radius 1 is 1.33 bits per heavy atom. The average Bonchev–Trinajstić information content (AvgIpc) is 2.83. The molecule has 1 fully saturated rings. The van der Waals surface area contributed by atoms with E-state index >= 15 is 0 Å². The largest absolute Gasteiger partial charge is 0.417 e. The molecule has 0 aliphatic carbocycles. The second-order valence-electron chi connectivity index (χ2n) is 6.03. The topological polar surface area (TPSA) is 32.6 Å². The van der Waals surface area contributed by atoms with E-state index in [1.807, 2.05) is 18.7 Å². The van der Waals surface area contributed by atoms with Gasteiger partial charge in [0.2, 0.25) is 0 Å². The van der Waals surface area contributed by atoms with Gasteiger partial charge in [0.05, 0.1) is 29.3 Å². The van der Waals surface area contributed by atoms with Crippen molar-refractivity contribution in [2.24, 2.45) is 0 Å². The van der Waals surface area contributed by atoms with Gasteiger partial charge in [0, 0.05) is 31.4 Å². The molecular formula is C14H17F3N4. The monoisotopic (exact) mass is 298 g/mol. The number of nitrogens with zero attached hydrogens (tertiary/aromatic N) is 3. The number of anilines is 1. The Morgan fingerprint density at radius 3 is 2.76 bits per heavy atom. The number of hydrogen-bond donors (Lipinski definition) is 1. The maximum Gasteiger partial charge on any atom is 0.417 e. The van der Waals surface area contributed by atoms with Gasteiger partial charge in [0.25, 0.3) is 0 Å². The Kier molecular flexibility index (Phi) is 3.12. The van der Waals surface area contributed by atoms with Crippen LogP contribution in [0.5, 0.6) is 0 Å². The SMILES string of the molecule is CC1(C)CN(c2cc(C(F)(F)F)cn3cncc23)CCN1. The third-order valence-corrected chi connectivity index (χ3v) is 3.74. The maximum absolute atomic E-state index is 13.1. The number of fused-ring (bicyclic) bond motifs is 1. The van der Waals surface area contributed by atoms with Gasteiger partial charge in [-0.3, -0.25) is 0 Å². The summed E-state index contributed by atoms with van der Waals surface area (Å²) in [6.45, 7) is 6.14.